The maximum atomic E-state index is 12.4. The van der Waals surface area contributed by atoms with E-state index >= 15 is 0 Å². The average molecular weight is 412 g/mol. The van der Waals surface area contributed by atoms with Crippen LogP contribution >= 0.6 is 0 Å². The molecule has 148 valence electrons. The Bertz CT molecular complexity index is 1120. The van der Waals surface area contributed by atoms with Gasteiger partial charge in [-0.1, -0.05) is 12.8 Å². The van der Waals surface area contributed by atoms with Crippen LogP contribution in [0.5, 0.6) is 0 Å². The summed E-state index contributed by atoms with van der Waals surface area (Å²) in [4.78, 5) is 24.5. The van der Waals surface area contributed by atoms with Crippen LogP contribution in [-0.4, -0.2) is 40.2 Å². The molecule has 0 radical (unpaired) electrons. The van der Waals surface area contributed by atoms with Crippen LogP contribution in [0.2, 0.25) is 0 Å². The Morgan fingerprint density at radius 2 is 1.93 bits per heavy atom. The first kappa shape index (κ1) is 22.1. The number of rotatable bonds is 3. The number of imidazole rings is 1. The fourth-order valence-corrected chi connectivity index (χ4v) is 3.28. The maximum absolute atomic E-state index is 12.4. The SMILES string of the molecule is Cc1cn[c-]nn1.O=c1c2nccn2ccn1-c1ccc(NC2CCCC2)nc1.[Na+]. The molecular weight excluding hydrogens is 391 g/mol. The topological polar surface area (TPSA) is 103 Å². The van der Waals surface area contributed by atoms with Crippen LogP contribution in [0.3, 0.4) is 0 Å². The fourth-order valence-electron chi connectivity index (χ4n) is 3.28. The molecule has 1 aliphatic carbocycles. The van der Waals surface area contributed by atoms with E-state index < -0.39 is 0 Å². The van der Waals surface area contributed by atoms with Crippen molar-refractivity contribution in [3.63, 3.8) is 0 Å². The summed E-state index contributed by atoms with van der Waals surface area (Å²) in [6.45, 7) is 1.83. The van der Waals surface area contributed by atoms with E-state index in [1.165, 1.54) is 25.7 Å². The number of hydrogen-bond donors (Lipinski definition) is 1. The first-order chi connectivity index (χ1) is 14.2. The van der Waals surface area contributed by atoms with Crippen molar-refractivity contribution in [1.82, 2.24) is 34.1 Å². The zero-order valence-corrected chi connectivity index (χ0v) is 19.1. The van der Waals surface area contributed by atoms with Gasteiger partial charge in [-0.3, -0.25) is 9.36 Å². The summed E-state index contributed by atoms with van der Waals surface area (Å²) in [5.74, 6) is 0.866. The maximum Gasteiger partial charge on any atom is 1.00 e. The Labute approximate surface area is 195 Å². The van der Waals surface area contributed by atoms with Gasteiger partial charge in [0.1, 0.15) is 5.82 Å². The molecule has 1 saturated carbocycles. The van der Waals surface area contributed by atoms with Crippen molar-refractivity contribution >= 4 is 11.5 Å². The summed E-state index contributed by atoms with van der Waals surface area (Å²) >= 11 is 0. The third-order valence-corrected chi connectivity index (χ3v) is 4.75. The van der Waals surface area contributed by atoms with E-state index in [-0.39, 0.29) is 35.1 Å². The molecule has 4 aromatic rings. The van der Waals surface area contributed by atoms with E-state index in [9.17, 15) is 4.79 Å². The van der Waals surface area contributed by atoms with Crippen molar-refractivity contribution in [2.45, 2.75) is 38.6 Å². The van der Waals surface area contributed by atoms with Crippen LogP contribution < -0.4 is 40.4 Å². The number of aromatic nitrogens is 7. The molecule has 10 heteroatoms. The molecule has 0 aromatic carbocycles. The van der Waals surface area contributed by atoms with Gasteiger partial charge in [-0.25, -0.2) is 15.1 Å². The van der Waals surface area contributed by atoms with Gasteiger partial charge >= 0.3 is 29.6 Å². The summed E-state index contributed by atoms with van der Waals surface area (Å²) < 4.78 is 3.27. The van der Waals surface area contributed by atoms with E-state index in [1.807, 2.05) is 25.3 Å². The predicted octanol–water partition coefficient (Wildman–Crippen LogP) is -0.781. The Balaban J connectivity index is 0.000000274. The van der Waals surface area contributed by atoms with Crippen LogP contribution in [0, 0.1) is 13.3 Å². The van der Waals surface area contributed by atoms with Crippen LogP contribution in [0.1, 0.15) is 31.4 Å². The Morgan fingerprint density at radius 1 is 1.10 bits per heavy atom. The molecule has 1 fully saturated rings. The molecule has 0 amide bonds. The quantitative estimate of drug-likeness (QED) is 0.348. The number of anilines is 1. The normalized spacial score (nSPS) is 13.4. The Kier molecular flexibility index (Phi) is 7.67. The number of nitrogens with one attached hydrogen (secondary N) is 1. The van der Waals surface area contributed by atoms with Gasteiger partial charge in [0.2, 0.25) is 5.65 Å². The van der Waals surface area contributed by atoms with E-state index in [0.29, 0.717) is 11.7 Å². The molecule has 5 rings (SSSR count). The molecule has 1 N–H and O–H groups in total. The van der Waals surface area contributed by atoms with E-state index in [0.717, 1.165) is 17.2 Å². The number of aryl methyl sites for hydroxylation is 1. The minimum absolute atomic E-state index is 0. The van der Waals surface area contributed by atoms with Crippen molar-refractivity contribution in [2.24, 2.45) is 0 Å². The van der Waals surface area contributed by atoms with Gasteiger partial charge in [0.05, 0.1) is 11.9 Å². The number of hydrogen-bond acceptors (Lipinski definition) is 7. The Morgan fingerprint density at radius 3 is 2.57 bits per heavy atom. The van der Waals surface area contributed by atoms with E-state index in [2.05, 4.69) is 36.8 Å². The number of nitrogens with zero attached hydrogens (tertiary/aromatic N) is 7. The monoisotopic (exact) mass is 412 g/mol. The molecule has 9 nitrogen and oxygen atoms in total. The predicted molar refractivity (Wildman–Crippen MR) is 108 cm³/mol. The second-order valence-corrected chi connectivity index (χ2v) is 6.86. The smallest absolute Gasteiger partial charge is 0.436 e. The third-order valence-electron chi connectivity index (χ3n) is 4.75. The minimum atomic E-state index is -0.147. The molecule has 0 bridgehead atoms. The zero-order valence-electron chi connectivity index (χ0n) is 17.1. The molecule has 4 aromatic heterocycles. The molecule has 0 spiro atoms. The van der Waals surface area contributed by atoms with Gasteiger partial charge < -0.3 is 14.7 Å². The zero-order chi connectivity index (χ0) is 20.1. The fraction of sp³-hybridized carbons (Fsp3) is 0.300. The average Bonchev–Trinajstić information content (AvgIpc) is 3.42. The molecule has 0 atom stereocenters. The molecule has 30 heavy (non-hydrogen) atoms. The standard InChI is InChI=1S/C16H17N5O.C4H4N3.Na/c22-16-15-17-7-8-20(15)9-10-21(16)13-5-6-14(18-11-13)19-12-3-1-2-4-12;1-4-2-5-3-6-7-4;/h5-12H,1-4H2,(H,18,19);2H,1H3;/q;-1;+1. The minimum Gasteiger partial charge on any atom is -0.436 e. The molecule has 0 aliphatic heterocycles. The van der Waals surface area contributed by atoms with Crippen molar-refractivity contribution in [1.29, 1.82) is 0 Å². The van der Waals surface area contributed by atoms with Gasteiger partial charge in [-0.15, -0.1) is 6.20 Å². The number of pyridine rings is 1. The molecule has 0 unspecified atom stereocenters. The Hall–Kier alpha value is -2.62. The van der Waals surface area contributed by atoms with E-state index in [4.69, 9.17) is 0 Å². The second-order valence-electron chi connectivity index (χ2n) is 6.86. The van der Waals surface area contributed by atoms with Crippen LogP contribution in [0.25, 0.3) is 11.3 Å². The van der Waals surface area contributed by atoms with Crippen LogP contribution in [-0.2, 0) is 0 Å². The van der Waals surface area contributed by atoms with Crippen molar-refractivity contribution in [3.8, 4) is 5.69 Å². The third kappa shape index (κ3) is 5.29. The summed E-state index contributed by atoms with van der Waals surface area (Å²) in [7, 11) is 0. The summed E-state index contributed by atoms with van der Waals surface area (Å²) in [5, 5.41) is 10.5. The summed E-state index contributed by atoms with van der Waals surface area (Å²) in [6.07, 6.45) is 17.6. The van der Waals surface area contributed by atoms with E-state index in [1.54, 1.807) is 40.0 Å². The molecule has 4 heterocycles. The summed E-state index contributed by atoms with van der Waals surface area (Å²) in [6, 6.07) is 4.36. The first-order valence-corrected chi connectivity index (χ1v) is 9.50. The van der Waals surface area contributed by atoms with Gasteiger partial charge in [-0.05, 0) is 43.9 Å². The van der Waals surface area contributed by atoms with Crippen LogP contribution in [0.4, 0.5) is 5.82 Å². The van der Waals surface area contributed by atoms with Gasteiger partial charge in [0.25, 0.3) is 5.56 Å². The number of fused-ring (bicyclic) bond motifs is 1. The van der Waals surface area contributed by atoms with Crippen LogP contribution in [0.15, 0.2) is 54.1 Å². The molecular formula is C20H21N8NaO. The van der Waals surface area contributed by atoms with Crippen molar-refractivity contribution in [3.05, 3.63) is 71.7 Å². The second kappa shape index (κ2) is 10.4. The first-order valence-electron chi connectivity index (χ1n) is 9.50. The summed E-state index contributed by atoms with van der Waals surface area (Å²) in [5.41, 5.74) is 1.83. The largest absolute Gasteiger partial charge is 1.00 e. The van der Waals surface area contributed by atoms with Gasteiger partial charge in [-0.2, -0.15) is 5.10 Å². The van der Waals surface area contributed by atoms with Crippen molar-refractivity contribution < 1.29 is 29.6 Å². The molecule has 1 aliphatic rings. The van der Waals surface area contributed by atoms with Gasteiger partial charge in [0.15, 0.2) is 0 Å². The van der Waals surface area contributed by atoms with Crippen molar-refractivity contribution in [2.75, 3.05) is 5.32 Å². The van der Waals surface area contributed by atoms with Gasteiger partial charge in [0, 0.05) is 30.8 Å². The molecule has 0 saturated heterocycles.